The molecule has 0 fully saturated rings. The van der Waals surface area contributed by atoms with E-state index in [4.69, 9.17) is 0 Å². The van der Waals surface area contributed by atoms with Crippen molar-refractivity contribution < 1.29 is 18.0 Å². The molecule has 0 unspecified atom stereocenters. The number of aromatic nitrogens is 1. The van der Waals surface area contributed by atoms with E-state index in [1.165, 1.54) is 12.1 Å². The molecule has 0 radical (unpaired) electrons. The highest BCUT2D eigenvalue weighted by atomic mass is 79.9. The van der Waals surface area contributed by atoms with Gasteiger partial charge in [-0.05, 0) is 28.1 Å². The van der Waals surface area contributed by atoms with Gasteiger partial charge in [-0.1, -0.05) is 6.07 Å². The van der Waals surface area contributed by atoms with E-state index in [-0.39, 0.29) is 4.60 Å². The number of halogens is 4. The zero-order valence-electron chi connectivity index (χ0n) is 6.10. The first kappa shape index (κ1) is 10.2. The van der Waals surface area contributed by atoms with Crippen LogP contribution in [0.15, 0.2) is 22.8 Å². The van der Waals surface area contributed by atoms with Crippen molar-refractivity contribution in [2.75, 3.05) is 0 Å². The molecule has 0 atom stereocenters. The Balaban J connectivity index is 3.14. The van der Waals surface area contributed by atoms with Crippen LogP contribution >= 0.6 is 15.9 Å². The van der Waals surface area contributed by atoms with Crippen molar-refractivity contribution in [2.45, 2.75) is 5.92 Å². The average Bonchev–Trinajstić information content (AvgIpc) is 2.04. The average molecular weight is 254 g/mol. The number of nitrogens with zero attached hydrogens (tertiary/aromatic N) is 1. The smallest absolute Gasteiger partial charge is 0.254 e. The molecular formula is C7H3BrF3NO. The van der Waals surface area contributed by atoms with Gasteiger partial charge in [-0.15, -0.1) is 0 Å². The minimum absolute atomic E-state index is 0.117. The third kappa shape index (κ3) is 2.06. The topological polar surface area (TPSA) is 30.0 Å². The normalized spacial score (nSPS) is 11.4. The highest BCUT2D eigenvalue weighted by Crippen LogP contribution is 2.28. The predicted molar refractivity (Wildman–Crippen MR) is 41.9 cm³/mol. The molecular weight excluding hydrogens is 251 g/mol. The van der Waals surface area contributed by atoms with E-state index in [0.717, 1.165) is 6.07 Å². The van der Waals surface area contributed by atoms with Gasteiger partial charge < -0.3 is 0 Å². The fraction of sp³-hybridized carbons (Fsp3) is 0.143. The SMILES string of the molecule is O=C(F)C(F)(F)c1cccc(Br)n1. The second-order valence-electron chi connectivity index (χ2n) is 2.19. The maximum absolute atomic E-state index is 12.7. The molecule has 0 bridgehead atoms. The van der Waals surface area contributed by atoms with Gasteiger partial charge in [-0.3, -0.25) is 4.79 Å². The molecule has 70 valence electrons. The van der Waals surface area contributed by atoms with Crippen LogP contribution < -0.4 is 0 Å². The Hall–Kier alpha value is -0.910. The van der Waals surface area contributed by atoms with Gasteiger partial charge >= 0.3 is 12.0 Å². The molecule has 0 saturated carbocycles. The monoisotopic (exact) mass is 253 g/mol. The lowest BCUT2D eigenvalue weighted by atomic mass is 10.2. The number of rotatable bonds is 2. The Bertz CT molecular complexity index is 342. The van der Waals surface area contributed by atoms with Crippen molar-refractivity contribution in [1.29, 1.82) is 0 Å². The van der Waals surface area contributed by atoms with Crippen LogP contribution in [0.3, 0.4) is 0 Å². The van der Waals surface area contributed by atoms with E-state index in [2.05, 4.69) is 20.9 Å². The lowest BCUT2D eigenvalue weighted by molar-refractivity contribution is -0.157. The van der Waals surface area contributed by atoms with Crippen LogP contribution in [-0.2, 0) is 10.7 Å². The van der Waals surface area contributed by atoms with Crippen LogP contribution in [0.5, 0.6) is 0 Å². The van der Waals surface area contributed by atoms with E-state index in [9.17, 15) is 18.0 Å². The second kappa shape index (κ2) is 3.45. The first-order chi connectivity index (χ1) is 5.94. The molecule has 0 aromatic carbocycles. The minimum atomic E-state index is -4.16. The van der Waals surface area contributed by atoms with Crippen molar-refractivity contribution in [3.8, 4) is 0 Å². The Labute approximate surface area is 79.9 Å². The first-order valence-electron chi connectivity index (χ1n) is 3.15. The maximum atomic E-state index is 12.7. The molecule has 0 saturated heterocycles. The predicted octanol–water partition coefficient (Wildman–Crippen LogP) is 2.43. The Morgan fingerprint density at radius 2 is 2.08 bits per heavy atom. The third-order valence-electron chi connectivity index (χ3n) is 1.28. The first-order valence-corrected chi connectivity index (χ1v) is 3.94. The summed E-state index contributed by atoms with van der Waals surface area (Å²) in [5, 5.41) is 0. The Kier molecular flexibility index (Phi) is 2.70. The standard InChI is InChI=1S/C7H3BrF3NO/c8-5-3-1-2-4(12-5)7(10,11)6(9)13/h1-3H. The van der Waals surface area contributed by atoms with Gasteiger partial charge in [-0.2, -0.15) is 13.2 Å². The van der Waals surface area contributed by atoms with Crippen LogP contribution in [0.1, 0.15) is 5.69 Å². The van der Waals surface area contributed by atoms with Crippen LogP contribution in [-0.4, -0.2) is 11.0 Å². The van der Waals surface area contributed by atoms with Gasteiger partial charge in [0.05, 0.1) is 0 Å². The van der Waals surface area contributed by atoms with Crippen LogP contribution in [0.2, 0.25) is 0 Å². The van der Waals surface area contributed by atoms with Crippen molar-refractivity contribution >= 4 is 22.0 Å². The molecule has 0 aliphatic heterocycles. The molecule has 1 rings (SSSR count). The van der Waals surface area contributed by atoms with Crippen LogP contribution in [0.4, 0.5) is 13.2 Å². The molecule has 0 aliphatic rings. The number of pyridine rings is 1. The van der Waals surface area contributed by atoms with Crippen molar-refractivity contribution in [2.24, 2.45) is 0 Å². The van der Waals surface area contributed by atoms with E-state index in [1.807, 2.05) is 0 Å². The molecule has 0 amide bonds. The maximum Gasteiger partial charge on any atom is 0.377 e. The van der Waals surface area contributed by atoms with Gasteiger partial charge in [0.2, 0.25) is 0 Å². The van der Waals surface area contributed by atoms with Gasteiger partial charge in [0.1, 0.15) is 10.3 Å². The molecule has 1 aromatic heterocycles. The van der Waals surface area contributed by atoms with E-state index in [0.29, 0.717) is 0 Å². The molecule has 1 aromatic rings. The summed E-state index contributed by atoms with van der Waals surface area (Å²) in [5.74, 6) is -4.16. The zero-order valence-corrected chi connectivity index (χ0v) is 7.69. The van der Waals surface area contributed by atoms with E-state index >= 15 is 0 Å². The molecule has 13 heavy (non-hydrogen) atoms. The highest BCUT2D eigenvalue weighted by Gasteiger charge is 2.43. The lowest BCUT2D eigenvalue weighted by Gasteiger charge is -2.08. The summed E-state index contributed by atoms with van der Waals surface area (Å²) in [6, 6.07) is 0.798. The number of carbonyl (C=O) groups is 1. The second-order valence-corrected chi connectivity index (χ2v) is 3.01. The summed E-state index contributed by atoms with van der Waals surface area (Å²) in [4.78, 5) is 13.2. The fourth-order valence-corrected chi connectivity index (χ4v) is 1.03. The Morgan fingerprint density at radius 1 is 1.46 bits per heavy atom. The van der Waals surface area contributed by atoms with Crippen molar-refractivity contribution in [1.82, 2.24) is 4.98 Å². The van der Waals surface area contributed by atoms with Gasteiger partial charge in [0, 0.05) is 0 Å². The summed E-state index contributed by atoms with van der Waals surface area (Å²) in [5.41, 5.74) is -0.908. The lowest BCUT2D eigenvalue weighted by Crippen LogP contribution is -2.23. The summed E-state index contributed by atoms with van der Waals surface area (Å²) < 4.78 is 37.3. The van der Waals surface area contributed by atoms with Gasteiger partial charge in [-0.25, -0.2) is 4.98 Å². The largest absolute Gasteiger partial charge is 0.377 e. The highest BCUT2D eigenvalue weighted by molar-refractivity contribution is 9.10. The number of hydrogen-bond acceptors (Lipinski definition) is 2. The summed E-state index contributed by atoms with van der Waals surface area (Å²) >= 11 is 2.83. The number of alkyl halides is 2. The van der Waals surface area contributed by atoms with E-state index < -0.39 is 17.7 Å². The summed E-state index contributed by atoms with van der Waals surface area (Å²) in [6.07, 6.45) is 0. The fourth-order valence-electron chi connectivity index (χ4n) is 0.684. The van der Waals surface area contributed by atoms with Crippen LogP contribution in [0, 0.1) is 0 Å². The third-order valence-corrected chi connectivity index (χ3v) is 1.73. The van der Waals surface area contributed by atoms with Gasteiger partial charge in [0.15, 0.2) is 0 Å². The van der Waals surface area contributed by atoms with E-state index in [1.54, 1.807) is 0 Å². The molecule has 6 heteroatoms. The molecule has 0 aliphatic carbocycles. The molecule has 0 N–H and O–H groups in total. The molecule has 2 nitrogen and oxygen atoms in total. The van der Waals surface area contributed by atoms with Gasteiger partial charge in [0.25, 0.3) is 0 Å². The minimum Gasteiger partial charge on any atom is -0.254 e. The summed E-state index contributed by atoms with van der Waals surface area (Å²) in [7, 11) is 0. The zero-order chi connectivity index (χ0) is 10.1. The van der Waals surface area contributed by atoms with Crippen LogP contribution in [0.25, 0.3) is 0 Å². The quantitative estimate of drug-likeness (QED) is 0.599. The van der Waals surface area contributed by atoms with Crippen molar-refractivity contribution in [3.05, 3.63) is 28.5 Å². The summed E-state index contributed by atoms with van der Waals surface area (Å²) in [6.45, 7) is 0. The number of carbonyl (C=O) groups excluding carboxylic acids is 1. The number of hydrogen-bond donors (Lipinski definition) is 0. The molecule has 1 heterocycles. The molecule has 0 spiro atoms. The Morgan fingerprint density at radius 3 is 2.54 bits per heavy atom. The van der Waals surface area contributed by atoms with Crippen molar-refractivity contribution in [3.63, 3.8) is 0 Å².